The van der Waals surface area contributed by atoms with Crippen LogP contribution in [-0.4, -0.2) is 44.8 Å². The van der Waals surface area contributed by atoms with Crippen molar-refractivity contribution >= 4 is 49.3 Å². The molecule has 1 aliphatic heterocycles. The topological polar surface area (TPSA) is 54.8 Å². The molecular weight excluding hydrogens is 422 g/mol. The van der Waals surface area contributed by atoms with E-state index in [4.69, 9.17) is 4.98 Å². The molecule has 5 aromatic rings. The van der Waals surface area contributed by atoms with Crippen molar-refractivity contribution in [3.05, 3.63) is 67.0 Å². The standard InChI is InChI=1S/C24H19N5S2/c1-3-7-16(8-4-1)18-19-21-22(23(26-15-25-21)29-11-13-30-14-12-29)31-24(19)28-27-20(18)17-9-5-2-6-10-17/h1-10,15H,11-14H2. The van der Waals surface area contributed by atoms with Crippen molar-refractivity contribution in [1.82, 2.24) is 20.2 Å². The second kappa shape index (κ2) is 7.90. The van der Waals surface area contributed by atoms with Gasteiger partial charge in [-0.15, -0.1) is 21.5 Å². The largest absolute Gasteiger partial charge is 0.354 e. The molecule has 0 unspecified atom stereocenters. The van der Waals surface area contributed by atoms with Gasteiger partial charge in [-0.05, 0) is 5.56 Å². The normalized spacial score (nSPS) is 14.4. The molecule has 0 spiro atoms. The van der Waals surface area contributed by atoms with Crippen LogP contribution < -0.4 is 4.90 Å². The van der Waals surface area contributed by atoms with Gasteiger partial charge in [0.25, 0.3) is 0 Å². The Balaban J connectivity index is 1.68. The fourth-order valence-corrected chi connectivity index (χ4v) is 6.13. The summed E-state index contributed by atoms with van der Waals surface area (Å²) >= 11 is 3.65. The summed E-state index contributed by atoms with van der Waals surface area (Å²) in [5, 5.41) is 10.4. The molecule has 5 nitrogen and oxygen atoms in total. The number of nitrogens with zero attached hydrogens (tertiary/aromatic N) is 5. The molecule has 0 N–H and O–H groups in total. The van der Waals surface area contributed by atoms with Gasteiger partial charge < -0.3 is 4.90 Å². The molecule has 152 valence electrons. The molecule has 4 heterocycles. The highest BCUT2D eigenvalue weighted by molar-refractivity contribution is 7.99. The Bertz CT molecular complexity index is 1360. The Kier molecular flexibility index (Phi) is 4.77. The number of thiophene rings is 1. The van der Waals surface area contributed by atoms with Crippen LogP contribution in [-0.2, 0) is 0 Å². The van der Waals surface area contributed by atoms with Gasteiger partial charge in [0.15, 0.2) is 0 Å². The predicted molar refractivity (Wildman–Crippen MR) is 131 cm³/mol. The molecule has 7 heteroatoms. The minimum Gasteiger partial charge on any atom is -0.354 e. The molecule has 0 saturated carbocycles. The highest BCUT2D eigenvalue weighted by Gasteiger charge is 2.23. The highest BCUT2D eigenvalue weighted by atomic mass is 32.2. The number of fused-ring (bicyclic) bond motifs is 3. The lowest BCUT2D eigenvalue weighted by atomic mass is 9.97. The lowest BCUT2D eigenvalue weighted by Gasteiger charge is -2.27. The summed E-state index contributed by atoms with van der Waals surface area (Å²) in [7, 11) is 0. The SMILES string of the molecule is c1ccc(-c2nnc3sc4c(N5CCSCC5)ncnc4c3c2-c2ccccc2)cc1. The number of anilines is 1. The van der Waals surface area contributed by atoms with Crippen molar-refractivity contribution < 1.29 is 0 Å². The number of aromatic nitrogens is 4. The van der Waals surface area contributed by atoms with E-state index in [0.29, 0.717) is 0 Å². The molecule has 0 atom stereocenters. The van der Waals surface area contributed by atoms with Gasteiger partial charge in [0.1, 0.15) is 22.7 Å². The zero-order chi connectivity index (χ0) is 20.6. The van der Waals surface area contributed by atoms with Gasteiger partial charge in [0.05, 0.1) is 10.2 Å². The second-order valence-corrected chi connectivity index (χ2v) is 9.64. The summed E-state index contributed by atoms with van der Waals surface area (Å²) in [6, 6.07) is 20.7. The van der Waals surface area contributed by atoms with E-state index in [9.17, 15) is 0 Å². The van der Waals surface area contributed by atoms with Crippen molar-refractivity contribution in [3.8, 4) is 22.4 Å². The summed E-state index contributed by atoms with van der Waals surface area (Å²) in [4.78, 5) is 12.7. The second-order valence-electron chi connectivity index (χ2n) is 7.41. The molecule has 2 aromatic carbocycles. The first kappa shape index (κ1) is 18.7. The van der Waals surface area contributed by atoms with Crippen LogP contribution >= 0.6 is 23.1 Å². The Labute approximate surface area is 188 Å². The third kappa shape index (κ3) is 3.25. The Morgan fingerprint density at radius 2 is 1.48 bits per heavy atom. The van der Waals surface area contributed by atoms with E-state index in [1.165, 1.54) is 0 Å². The zero-order valence-corrected chi connectivity index (χ0v) is 18.4. The van der Waals surface area contributed by atoms with Crippen LogP contribution in [0.3, 0.4) is 0 Å². The minimum atomic E-state index is 0.883. The molecule has 1 saturated heterocycles. The lowest BCUT2D eigenvalue weighted by Crippen LogP contribution is -2.33. The number of thioether (sulfide) groups is 1. The molecule has 0 bridgehead atoms. The monoisotopic (exact) mass is 441 g/mol. The maximum atomic E-state index is 4.75. The van der Waals surface area contributed by atoms with Gasteiger partial charge in [0.2, 0.25) is 0 Å². The summed E-state index contributed by atoms with van der Waals surface area (Å²) < 4.78 is 1.10. The third-order valence-electron chi connectivity index (χ3n) is 5.58. The summed E-state index contributed by atoms with van der Waals surface area (Å²) in [6.45, 7) is 2.02. The van der Waals surface area contributed by atoms with E-state index in [2.05, 4.69) is 56.5 Å². The van der Waals surface area contributed by atoms with Gasteiger partial charge in [-0.2, -0.15) is 11.8 Å². The van der Waals surface area contributed by atoms with Gasteiger partial charge in [0, 0.05) is 41.1 Å². The minimum absolute atomic E-state index is 0.883. The van der Waals surface area contributed by atoms with Gasteiger partial charge in [-0.1, -0.05) is 60.7 Å². The molecule has 3 aromatic heterocycles. The predicted octanol–water partition coefficient (Wildman–Crippen LogP) is 5.52. The Morgan fingerprint density at radius 3 is 2.23 bits per heavy atom. The van der Waals surface area contributed by atoms with Crippen LogP contribution in [0.1, 0.15) is 0 Å². The first-order valence-electron chi connectivity index (χ1n) is 10.3. The lowest BCUT2D eigenvalue weighted by molar-refractivity contribution is 0.843. The fourth-order valence-electron chi connectivity index (χ4n) is 4.13. The summed E-state index contributed by atoms with van der Waals surface area (Å²) in [5.74, 6) is 3.28. The van der Waals surface area contributed by atoms with E-state index < -0.39 is 0 Å². The Hall–Kier alpha value is -3.03. The molecule has 0 radical (unpaired) electrons. The molecule has 0 amide bonds. The van der Waals surface area contributed by atoms with Gasteiger partial charge in [-0.25, -0.2) is 9.97 Å². The van der Waals surface area contributed by atoms with Crippen LogP contribution in [0.25, 0.3) is 42.8 Å². The third-order valence-corrected chi connectivity index (χ3v) is 7.58. The van der Waals surface area contributed by atoms with Crippen molar-refractivity contribution in [1.29, 1.82) is 0 Å². The zero-order valence-electron chi connectivity index (χ0n) is 16.7. The first-order valence-corrected chi connectivity index (χ1v) is 12.2. The summed E-state index contributed by atoms with van der Waals surface area (Å²) in [6.07, 6.45) is 1.70. The first-order chi connectivity index (χ1) is 15.4. The maximum Gasteiger partial charge on any atom is 0.150 e. The molecule has 6 rings (SSSR count). The average Bonchev–Trinajstić information content (AvgIpc) is 3.24. The van der Waals surface area contributed by atoms with Crippen molar-refractivity contribution in [3.63, 3.8) is 0 Å². The number of hydrogen-bond donors (Lipinski definition) is 0. The van der Waals surface area contributed by atoms with Crippen LogP contribution in [0.2, 0.25) is 0 Å². The molecule has 31 heavy (non-hydrogen) atoms. The van der Waals surface area contributed by atoms with Gasteiger partial charge >= 0.3 is 0 Å². The molecule has 1 aliphatic rings. The number of rotatable bonds is 3. The van der Waals surface area contributed by atoms with Crippen molar-refractivity contribution in [2.45, 2.75) is 0 Å². The number of hydrogen-bond acceptors (Lipinski definition) is 7. The summed E-state index contributed by atoms with van der Waals surface area (Å²) in [5.41, 5.74) is 5.11. The fraction of sp³-hybridized carbons (Fsp3) is 0.167. The van der Waals surface area contributed by atoms with Crippen LogP contribution in [0.5, 0.6) is 0 Å². The van der Waals surface area contributed by atoms with Crippen molar-refractivity contribution in [2.24, 2.45) is 0 Å². The van der Waals surface area contributed by atoms with E-state index >= 15 is 0 Å². The van der Waals surface area contributed by atoms with E-state index in [-0.39, 0.29) is 0 Å². The van der Waals surface area contributed by atoms with Gasteiger partial charge in [-0.3, -0.25) is 0 Å². The molecule has 0 aliphatic carbocycles. The Morgan fingerprint density at radius 1 is 0.774 bits per heavy atom. The van der Waals surface area contributed by atoms with Crippen LogP contribution in [0, 0.1) is 0 Å². The van der Waals surface area contributed by atoms with E-state index in [1.54, 1.807) is 17.7 Å². The van der Waals surface area contributed by atoms with Crippen molar-refractivity contribution in [2.75, 3.05) is 29.5 Å². The maximum absolute atomic E-state index is 4.75. The van der Waals surface area contributed by atoms with E-state index in [1.807, 2.05) is 36.0 Å². The van der Waals surface area contributed by atoms with Crippen LogP contribution in [0.15, 0.2) is 67.0 Å². The smallest absolute Gasteiger partial charge is 0.150 e. The quantitative estimate of drug-likeness (QED) is 0.367. The molecule has 1 fully saturated rings. The van der Waals surface area contributed by atoms with Crippen LogP contribution in [0.4, 0.5) is 5.82 Å². The number of benzene rings is 2. The average molecular weight is 442 g/mol. The highest BCUT2D eigenvalue weighted by Crippen LogP contribution is 2.44. The molecular formula is C24H19N5S2. The van der Waals surface area contributed by atoms with E-state index in [0.717, 1.165) is 73.2 Å².